The molecule has 3 fully saturated rings. The van der Waals surface area contributed by atoms with Crippen molar-refractivity contribution in [3.8, 4) is 0 Å². The summed E-state index contributed by atoms with van der Waals surface area (Å²) < 4.78 is 11.1. The molecule has 0 aromatic rings. The molecule has 4 rings (SSSR count). The number of carbonyl (C=O) groups is 2. The third-order valence-electron chi connectivity index (χ3n) is 9.91. The first-order chi connectivity index (χ1) is 16.6. The third-order valence-corrected chi connectivity index (χ3v) is 9.91. The molecule has 6 heteroatoms. The van der Waals surface area contributed by atoms with Gasteiger partial charge in [-0.05, 0) is 74.7 Å². The Bertz CT molecular complexity index is 811. The Labute approximate surface area is 211 Å². The second-order valence-electron chi connectivity index (χ2n) is 12.1. The van der Waals surface area contributed by atoms with Crippen molar-refractivity contribution in [2.45, 2.75) is 104 Å². The molecule has 4 aliphatic rings. The Hall–Kier alpha value is -1.40. The van der Waals surface area contributed by atoms with Crippen molar-refractivity contribution < 1.29 is 24.2 Å². The maximum absolute atomic E-state index is 13.0. The van der Waals surface area contributed by atoms with E-state index < -0.39 is 5.60 Å². The molecular weight excluding hydrogens is 442 g/mol. The van der Waals surface area contributed by atoms with Crippen molar-refractivity contribution in [2.75, 3.05) is 19.7 Å². The first-order valence-electron chi connectivity index (χ1n) is 14.1. The van der Waals surface area contributed by atoms with Crippen LogP contribution in [-0.2, 0) is 19.1 Å². The lowest BCUT2D eigenvalue weighted by Gasteiger charge is -2.54. The van der Waals surface area contributed by atoms with Gasteiger partial charge in [0.15, 0.2) is 0 Å². The molecule has 1 N–H and O–H groups in total. The monoisotopic (exact) mass is 489 g/mol. The minimum absolute atomic E-state index is 0.0429. The third kappa shape index (κ3) is 5.49. The van der Waals surface area contributed by atoms with Crippen molar-refractivity contribution in [3.63, 3.8) is 0 Å². The second kappa shape index (κ2) is 10.9. The van der Waals surface area contributed by atoms with Crippen molar-refractivity contribution in [2.24, 2.45) is 35.5 Å². The summed E-state index contributed by atoms with van der Waals surface area (Å²) in [6.45, 7) is 12.1. The number of hydrogen-bond acceptors (Lipinski definition) is 6. The Morgan fingerprint density at radius 1 is 1.20 bits per heavy atom. The Kier molecular flexibility index (Phi) is 8.32. The minimum Gasteiger partial charge on any atom is -0.465 e. The molecule has 198 valence electrons. The van der Waals surface area contributed by atoms with Crippen LogP contribution in [0.4, 0.5) is 0 Å². The zero-order valence-corrected chi connectivity index (χ0v) is 22.5. The lowest BCUT2D eigenvalue weighted by Crippen LogP contribution is -2.57. The number of hydrogen-bond donors (Lipinski definition) is 1. The van der Waals surface area contributed by atoms with Crippen LogP contribution >= 0.6 is 0 Å². The van der Waals surface area contributed by atoms with Crippen LogP contribution in [0.15, 0.2) is 11.6 Å². The number of likely N-dealkylation sites (tertiary alicyclic amines) is 1. The number of fused-ring (bicyclic) bond motifs is 2. The first-order valence-corrected chi connectivity index (χ1v) is 14.1. The van der Waals surface area contributed by atoms with E-state index in [0.717, 1.165) is 37.9 Å². The van der Waals surface area contributed by atoms with E-state index in [0.29, 0.717) is 36.7 Å². The Morgan fingerprint density at radius 3 is 2.60 bits per heavy atom. The molecule has 1 heterocycles. The van der Waals surface area contributed by atoms with E-state index in [1.807, 2.05) is 13.8 Å². The predicted octanol–water partition coefficient (Wildman–Crippen LogP) is 4.74. The fraction of sp³-hybridized carbons (Fsp3) is 0.862. The highest BCUT2D eigenvalue weighted by molar-refractivity contribution is 5.76. The van der Waals surface area contributed by atoms with Crippen LogP contribution in [0, 0.1) is 35.5 Å². The molecule has 0 spiro atoms. The van der Waals surface area contributed by atoms with Gasteiger partial charge >= 0.3 is 11.9 Å². The number of piperidine rings is 1. The van der Waals surface area contributed by atoms with E-state index in [-0.39, 0.29) is 35.9 Å². The topological polar surface area (TPSA) is 76.1 Å². The summed E-state index contributed by atoms with van der Waals surface area (Å²) >= 11 is 0. The zero-order chi connectivity index (χ0) is 25.3. The van der Waals surface area contributed by atoms with E-state index in [9.17, 15) is 14.7 Å². The number of rotatable bonds is 6. The van der Waals surface area contributed by atoms with Crippen LogP contribution in [0.25, 0.3) is 0 Å². The van der Waals surface area contributed by atoms with Crippen molar-refractivity contribution in [1.29, 1.82) is 0 Å². The van der Waals surface area contributed by atoms with Gasteiger partial charge in [-0.1, -0.05) is 39.2 Å². The largest absolute Gasteiger partial charge is 0.465 e. The molecule has 1 aliphatic heterocycles. The summed E-state index contributed by atoms with van der Waals surface area (Å²) in [6.07, 6.45) is 10.4. The van der Waals surface area contributed by atoms with Crippen LogP contribution < -0.4 is 0 Å². The van der Waals surface area contributed by atoms with Crippen LogP contribution in [0.1, 0.15) is 86.0 Å². The average Bonchev–Trinajstić information content (AvgIpc) is 2.80. The van der Waals surface area contributed by atoms with E-state index in [1.54, 1.807) is 0 Å². The summed E-state index contributed by atoms with van der Waals surface area (Å²) in [7, 11) is 0. The van der Waals surface area contributed by atoms with Crippen LogP contribution in [0.3, 0.4) is 0 Å². The van der Waals surface area contributed by atoms with Crippen LogP contribution in [0.5, 0.6) is 0 Å². The van der Waals surface area contributed by atoms with E-state index >= 15 is 0 Å². The van der Waals surface area contributed by atoms with Gasteiger partial charge in [-0.3, -0.25) is 14.5 Å². The van der Waals surface area contributed by atoms with Gasteiger partial charge in [0.25, 0.3) is 0 Å². The summed E-state index contributed by atoms with van der Waals surface area (Å²) in [5.41, 5.74) is 0.182. The molecule has 6 nitrogen and oxygen atoms in total. The normalized spacial score (nSPS) is 40.6. The maximum atomic E-state index is 13.0. The molecule has 0 amide bonds. The molecule has 3 aliphatic carbocycles. The highest BCUT2D eigenvalue weighted by Crippen LogP contribution is 2.51. The Morgan fingerprint density at radius 2 is 1.91 bits per heavy atom. The average molecular weight is 490 g/mol. The molecule has 4 unspecified atom stereocenters. The number of nitrogens with zero attached hydrogens (tertiary/aromatic N) is 1. The van der Waals surface area contributed by atoms with Gasteiger partial charge in [-0.15, -0.1) is 0 Å². The van der Waals surface area contributed by atoms with Gasteiger partial charge < -0.3 is 14.6 Å². The second-order valence-corrected chi connectivity index (χ2v) is 12.1. The number of carbonyl (C=O) groups excluding carboxylic acids is 2. The molecule has 35 heavy (non-hydrogen) atoms. The number of esters is 2. The minimum atomic E-state index is -0.867. The SMILES string of the molecule is CCOC(=O)C1CC2CCCCC2CN1CC(C)[C@@H]1CC[C@@H](C)[C@]2(O)C[C@@H](OC(C)=O)C(C)=C[C@H]12. The number of ether oxygens (including phenoxy) is 2. The molecule has 1 saturated heterocycles. The van der Waals surface area contributed by atoms with E-state index in [2.05, 4.69) is 24.8 Å². The summed E-state index contributed by atoms with van der Waals surface area (Å²) in [6, 6.07) is -0.143. The van der Waals surface area contributed by atoms with E-state index in [1.165, 1.54) is 32.6 Å². The van der Waals surface area contributed by atoms with E-state index in [4.69, 9.17) is 9.47 Å². The molecule has 2 saturated carbocycles. The lowest BCUT2D eigenvalue weighted by atomic mass is 9.56. The molecule has 0 radical (unpaired) electrons. The van der Waals surface area contributed by atoms with Gasteiger partial charge in [0.05, 0.1) is 12.2 Å². The highest BCUT2D eigenvalue weighted by Gasteiger charge is 2.53. The first kappa shape index (κ1) is 26.7. The molecular formula is C29H47NO5. The fourth-order valence-electron chi connectivity index (χ4n) is 7.89. The van der Waals surface area contributed by atoms with Crippen molar-refractivity contribution >= 4 is 11.9 Å². The zero-order valence-electron chi connectivity index (χ0n) is 22.5. The van der Waals surface area contributed by atoms with Crippen LogP contribution in [-0.4, -0.2) is 59.4 Å². The van der Waals surface area contributed by atoms with Gasteiger partial charge in [-0.25, -0.2) is 0 Å². The van der Waals surface area contributed by atoms with Gasteiger partial charge in [0.2, 0.25) is 0 Å². The maximum Gasteiger partial charge on any atom is 0.323 e. The van der Waals surface area contributed by atoms with Crippen molar-refractivity contribution in [3.05, 3.63) is 11.6 Å². The quantitative estimate of drug-likeness (QED) is 0.429. The standard InChI is InChI=1S/C29H47NO5/c1-6-34-28(32)26-14-22-9-7-8-10-23(22)17-30(26)16-19(3)24-12-11-20(4)29(33)15-27(35-21(5)31)18(2)13-25(24)29/h13,19-20,22-27,33H,6-12,14-17H2,1-5H3/t19?,20-,22?,23?,24+,25-,26?,27-,29-/m1/s1. The van der Waals surface area contributed by atoms with Gasteiger partial charge in [0.1, 0.15) is 12.1 Å². The molecule has 0 aromatic carbocycles. The lowest BCUT2D eigenvalue weighted by molar-refractivity contribution is -0.161. The summed E-state index contributed by atoms with van der Waals surface area (Å²) in [5, 5.41) is 11.9. The molecule has 0 aromatic heterocycles. The predicted molar refractivity (Wildman–Crippen MR) is 135 cm³/mol. The fourth-order valence-corrected chi connectivity index (χ4v) is 7.89. The number of aliphatic hydroxyl groups is 1. The van der Waals surface area contributed by atoms with Crippen molar-refractivity contribution in [1.82, 2.24) is 4.90 Å². The highest BCUT2D eigenvalue weighted by atomic mass is 16.5. The smallest absolute Gasteiger partial charge is 0.323 e. The Balaban J connectivity index is 1.53. The summed E-state index contributed by atoms with van der Waals surface area (Å²) in [5.74, 6) is 1.84. The summed E-state index contributed by atoms with van der Waals surface area (Å²) in [4.78, 5) is 27.1. The van der Waals surface area contributed by atoms with Gasteiger partial charge in [0, 0.05) is 32.4 Å². The van der Waals surface area contributed by atoms with Crippen LogP contribution in [0.2, 0.25) is 0 Å². The molecule has 9 atom stereocenters. The molecule has 0 bridgehead atoms. The van der Waals surface area contributed by atoms with Gasteiger partial charge in [-0.2, -0.15) is 0 Å².